The minimum atomic E-state index is -3.24. The van der Waals surface area contributed by atoms with Crippen LogP contribution < -0.4 is 10.5 Å². The second-order valence-electron chi connectivity index (χ2n) is 4.93. The van der Waals surface area contributed by atoms with Crippen LogP contribution in [0.15, 0.2) is 0 Å². The molecule has 0 radical (unpaired) electrons. The number of hydrogen-bond acceptors (Lipinski definition) is 3. The number of sulfonamides is 1. The van der Waals surface area contributed by atoms with Crippen LogP contribution in [0.1, 0.15) is 40.0 Å². The molecule has 0 aliphatic heterocycles. The van der Waals surface area contributed by atoms with Gasteiger partial charge in [-0.05, 0) is 33.6 Å². The van der Waals surface area contributed by atoms with Crippen molar-refractivity contribution in [2.24, 2.45) is 5.73 Å². The first-order chi connectivity index (χ1) is 6.24. The normalized spacial score (nSPS) is 29.4. The summed E-state index contributed by atoms with van der Waals surface area (Å²) in [7, 11) is -3.24. The predicted octanol–water partition coefficient (Wildman–Crippen LogP) is 0.584. The molecule has 84 valence electrons. The van der Waals surface area contributed by atoms with Gasteiger partial charge in [0, 0.05) is 12.1 Å². The molecule has 1 aliphatic rings. The predicted molar refractivity (Wildman–Crippen MR) is 57.4 cm³/mol. The molecule has 0 saturated heterocycles. The van der Waals surface area contributed by atoms with Gasteiger partial charge in [0.2, 0.25) is 10.0 Å². The molecule has 0 aromatic rings. The fourth-order valence-electron chi connectivity index (χ4n) is 1.51. The molecule has 2 unspecified atom stereocenters. The van der Waals surface area contributed by atoms with Crippen LogP contribution in [-0.4, -0.2) is 25.2 Å². The summed E-state index contributed by atoms with van der Waals surface area (Å²) in [4.78, 5) is 0. The van der Waals surface area contributed by atoms with E-state index < -0.39 is 14.8 Å². The summed E-state index contributed by atoms with van der Waals surface area (Å²) in [5.41, 5.74) is 5.80. The zero-order valence-corrected chi connectivity index (χ0v) is 9.89. The minimum absolute atomic E-state index is 0.0212. The zero-order valence-electron chi connectivity index (χ0n) is 9.08. The molecule has 1 fully saturated rings. The van der Waals surface area contributed by atoms with Crippen LogP contribution in [0, 0.1) is 0 Å². The quantitative estimate of drug-likeness (QED) is 0.715. The maximum Gasteiger partial charge on any atom is 0.216 e. The van der Waals surface area contributed by atoms with Crippen LogP contribution in [0.25, 0.3) is 0 Å². The molecule has 1 rings (SSSR count). The summed E-state index contributed by atoms with van der Waals surface area (Å²) in [5, 5.41) is 0. The molecule has 0 bridgehead atoms. The van der Waals surface area contributed by atoms with E-state index in [0.29, 0.717) is 0 Å². The largest absolute Gasteiger partial charge is 0.326 e. The Hall–Kier alpha value is -0.130. The third-order valence-electron chi connectivity index (χ3n) is 2.68. The van der Waals surface area contributed by atoms with Crippen molar-refractivity contribution in [1.29, 1.82) is 0 Å². The third-order valence-corrected chi connectivity index (χ3v) is 4.91. The molecule has 1 saturated carbocycles. The Labute approximate surface area is 86.3 Å². The molecule has 0 aromatic carbocycles. The van der Waals surface area contributed by atoms with Crippen molar-refractivity contribution in [1.82, 2.24) is 4.72 Å². The SMILES string of the molecule is CC(C)(C)S(=O)(=O)NC1CCCC1N. The lowest BCUT2D eigenvalue weighted by atomic mass is 10.2. The Balaban J connectivity index is 2.69. The van der Waals surface area contributed by atoms with E-state index in [9.17, 15) is 8.42 Å². The van der Waals surface area contributed by atoms with Crippen molar-refractivity contribution in [3.63, 3.8) is 0 Å². The lowest BCUT2D eigenvalue weighted by molar-refractivity contribution is 0.500. The van der Waals surface area contributed by atoms with Crippen molar-refractivity contribution < 1.29 is 8.42 Å². The summed E-state index contributed by atoms with van der Waals surface area (Å²) in [6.07, 6.45) is 2.78. The van der Waals surface area contributed by atoms with Crippen molar-refractivity contribution in [3.05, 3.63) is 0 Å². The van der Waals surface area contributed by atoms with E-state index in [1.807, 2.05) is 0 Å². The smallest absolute Gasteiger partial charge is 0.216 e. The molecule has 5 heteroatoms. The van der Waals surface area contributed by atoms with Gasteiger partial charge in [0.15, 0.2) is 0 Å². The molecule has 0 spiro atoms. The molecule has 2 atom stereocenters. The van der Waals surface area contributed by atoms with Crippen LogP contribution in [0.4, 0.5) is 0 Å². The number of hydrogen-bond donors (Lipinski definition) is 2. The second kappa shape index (κ2) is 3.79. The lowest BCUT2D eigenvalue weighted by Crippen LogP contribution is -2.49. The first-order valence-electron chi connectivity index (χ1n) is 5.01. The summed E-state index contributed by atoms with van der Waals surface area (Å²) in [6, 6.07) is -0.0913. The molecule has 14 heavy (non-hydrogen) atoms. The average molecular weight is 220 g/mol. The first kappa shape index (κ1) is 11.9. The molecule has 3 N–H and O–H groups in total. The topological polar surface area (TPSA) is 72.2 Å². The maximum atomic E-state index is 11.8. The van der Waals surface area contributed by atoms with Crippen molar-refractivity contribution in [2.45, 2.75) is 56.9 Å². The van der Waals surface area contributed by atoms with Crippen LogP contribution in [0.3, 0.4) is 0 Å². The summed E-state index contributed by atoms with van der Waals surface area (Å²) in [5.74, 6) is 0. The van der Waals surface area contributed by atoms with Gasteiger partial charge < -0.3 is 5.73 Å². The van der Waals surface area contributed by atoms with E-state index in [2.05, 4.69) is 4.72 Å². The van der Waals surface area contributed by atoms with Gasteiger partial charge in [0.1, 0.15) is 0 Å². The summed E-state index contributed by atoms with van der Waals surface area (Å²) < 4.78 is 25.5. The average Bonchev–Trinajstić information content (AvgIpc) is 2.33. The fourth-order valence-corrected chi connectivity index (χ4v) is 2.56. The molecule has 0 aromatic heterocycles. The summed E-state index contributed by atoms with van der Waals surface area (Å²) in [6.45, 7) is 5.07. The van der Waals surface area contributed by atoms with Crippen LogP contribution in [-0.2, 0) is 10.0 Å². The molecule has 0 heterocycles. The highest BCUT2D eigenvalue weighted by Gasteiger charge is 2.34. The molecule has 0 amide bonds. The van der Waals surface area contributed by atoms with Crippen molar-refractivity contribution in [3.8, 4) is 0 Å². The van der Waals surface area contributed by atoms with Crippen molar-refractivity contribution >= 4 is 10.0 Å². The van der Waals surface area contributed by atoms with Crippen molar-refractivity contribution in [2.75, 3.05) is 0 Å². The van der Waals surface area contributed by atoms with Gasteiger partial charge in [-0.15, -0.1) is 0 Å². The van der Waals surface area contributed by atoms with Gasteiger partial charge in [0.25, 0.3) is 0 Å². The monoisotopic (exact) mass is 220 g/mol. The van der Waals surface area contributed by atoms with Gasteiger partial charge in [0.05, 0.1) is 4.75 Å². The van der Waals surface area contributed by atoms with Gasteiger partial charge in [-0.1, -0.05) is 6.42 Å². The van der Waals surface area contributed by atoms with E-state index in [4.69, 9.17) is 5.73 Å². The Morgan fingerprint density at radius 1 is 1.29 bits per heavy atom. The fraction of sp³-hybridized carbons (Fsp3) is 1.00. The minimum Gasteiger partial charge on any atom is -0.326 e. The highest BCUT2D eigenvalue weighted by molar-refractivity contribution is 7.90. The van der Waals surface area contributed by atoms with Crippen LogP contribution in [0.5, 0.6) is 0 Å². The number of nitrogens with two attached hydrogens (primary N) is 1. The highest BCUT2D eigenvalue weighted by Crippen LogP contribution is 2.21. The van der Waals surface area contributed by atoms with Gasteiger partial charge in [-0.25, -0.2) is 13.1 Å². The Morgan fingerprint density at radius 3 is 2.21 bits per heavy atom. The molecule has 1 aliphatic carbocycles. The Morgan fingerprint density at radius 2 is 1.86 bits per heavy atom. The molecule has 4 nitrogen and oxygen atoms in total. The number of rotatable bonds is 2. The van der Waals surface area contributed by atoms with E-state index in [-0.39, 0.29) is 12.1 Å². The van der Waals surface area contributed by atoms with E-state index >= 15 is 0 Å². The van der Waals surface area contributed by atoms with Gasteiger partial charge in [-0.2, -0.15) is 0 Å². The van der Waals surface area contributed by atoms with Gasteiger partial charge in [-0.3, -0.25) is 0 Å². The summed E-state index contributed by atoms with van der Waals surface area (Å²) >= 11 is 0. The second-order valence-corrected chi connectivity index (χ2v) is 7.40. The van der Waals surface area contributed by atoms with E-state index in [1.165, 1.54) is 0 Å². The van der Waals surface area contributed by atoms with E-state index in [1.54, 1.807) is 20.8 Å². The molecular weight excluding hydrogens is 200 g/mol. The van der Waals surface area contributed by atoms with Crippen LogP contribution in [0.2, 0.25) is 0 Å². The standard InChI is InChI=1S/C9H20N2O2S/c1-9(2,3)14(12,13)11-8-6-4-5-7(8)10/h7-8,11H,4-6,10H2,1-3H3. The first-order valence-corrected chi connectivity index (χ1v) is 6.50. The van der Waals surface area contributed by atoms with Gasteiger partial charge >= 0.3 is 0 Å². The Kier molecular flexibility index (Phi) is 3.23. The number of nitrogens with one attached hydrogen (secondary N) is 1. The zero-order chi connectivity index (χ0) is 11.0. The van der Waals surface area contributed by atoms with E-state index in [0.717, 1.165) is 19.3 Å². The maximum absolute atomic E-state index is 11.8. The van der Waals surface area contributed by atoms with Crippen LogP contribution >= 0.6 is 0 Å². The third kappa shape index (κ3) is 2.46. The highest BCUT2D eigenvalue weighted by atomic mass is 32.2. The Bertz CT molecular complexity index is 292. The molecular formula is C9H20N2O2S. The lowest BCUT2D eigenvalue weighted by Gasteiger charge is -2.24.